The molecule has 154 valence electrons. The van der Waals surface area contributed by atoms with Crippen LogP contribution in [-0.2, 0) is 0 Å². The second-order valence-corrected chi connectivity index (χ2v) is 6.83. The zero-order chi connectivity index (χ0) is 21.1. The fourth-order valence-corrected chi connectivity index (χ4v) is 2.97. The van der Waals surface area contributed by atoms with Gasteiger partial charge in [-0.15, -0.1) is 5.10 Å². The Kier molecular flexibility index (Phi) is 5.40. The van der Waals surface area contributed by atoms with Gasteiger partial charge in [0.1, 0.15) is 24.5 Å². The molecule has 0 saturated carbocycles. The minimum absolute atomic E-state index is 0.0504. The van der Waals surface area contributed by atoms with E-state index in [0.717, 1.165) is 0 Å². The third-order valence-corrected chi connectivity index (χ3v) is 4.38. The summed E-state index contributed by atoms with van der Waals surface area (Å²) in [5, 5.41) is 14.1. The van der Waals surface area contributed by atoms with Crippen molar-refractivity contribution in [2.24, 2.45) is 0 Å². The maximum atomic E-state index is 13.8. The summed E-state index contributed by atoms with van der Waals surface area (Å²) in [6.45, 7) is 1.17. The van der Waals surface area contributed by atoms with Crippen molar-refractivity contribution in [3.05, 3.63) is 60.4 Å². The third kappa shape index (κ3) is 3.98. The first-order valence-corrected chi connectivity index (χ1v) is 9.25. The number of fused-ring (bicyclic) bond motifs is 1. The number of aromatic amines is 1. The number of likely N-dealkylation sites (N-methyl/N-ethyl adjacent to an activating group) is 1. The number of carbonyl (C=O) groups excluding carboxylic acids is 1. The molecule has 0 fully saturated rings. The number of benzene rings is 2. The topological polar surface area (TPSA) is 101 Å². The zero-order valence-corrected chi connectivity index (χ0v) is 16.5. The van der Waals surface area contributed by atoms with E-state index in [1.165, 1.54) is 18.5 Å². The number of carbonyl (C=O) groups is 1. The Bertz CT molecular complexity index is 1170. The number of rotatable bonds is 7. The molecule has 4 rings (SSSR count). The molecule has 10 heteroatoms. The molecule has 0 saturated heterocycles. The van der Waals surface area contributed by atoms with Gasteiger partial charge in [-0.3, -0.25) is 9.89 Å². The maximum Gasteiger partial charge on any atom is 0.294 e. The number of amides is 1. The molecule has 30 heavy (non-hydrogen) atoms. The van der Waals surface area contributed by atoms with E-state index in [1.54, 1.807) is 22.9 Å². The van der Waals surface area contributed by atoms with Gasteiger partial charge in [0, 0.05) is 6.54 Å². The molecule has 0 aliphatic heterocycles. The number of H-pyrrole nitrogens is 1. The van der Waals surface area contributed by atoms with E-state index < -0.39 is 5.91 Å². The van der Waals surface area contributed by atoms with Crippen LogP contribution in [0.4, 0.5) is 10.2 Å². The SMILES string of the molecule is CN(C)CCOc1cccc2c1c(NC(=O)c1ncn[nH]1)nn2-c1cccc(F)c1. The first-order chi connectivity index (χ1) is 14.5. The Morgan fingerprint density at radius 2 is 2.10 bits per heavy atom. The first kappa shape index (κ1) is 19.5. The van der Waals surface area contributed by atoms with Gasteiger partial charge in [0.25, 0.3) is 5.91 Å². The molecule has 0 bridgehead atoms. The van der Waals surface area contributed by atoms with E-state index >= 15 is 0 Å². The van der Waals surface area contributed by atoms with E-state index in [9.17, 15) is 9.18 Å². The van der Waals surface area contributed by atoms with E-state index in [-0.39, 0.29) is 17.5 Å². The highest BCUT2D eigenvalue weighted by atomic mass is 19.1. The van der Waals surface area contributed by atoms with Crippen molar-refractivity contribution in [1.82, 2.24) is 29.9 Å². The summed E-state index contributed by atoms with van der Waals surface area (Å²) in [5.41, 5.74) is 1.18. The van der Waals surface area contributed by atoms with Crippen molar-refractivity contribution in [3.63, 3.8) is 0 Å². The van der Waals surface area contributed by atoms with Crippen LogP contribution in [0.1, 0.15) is 10.6 Å². The molecule has 4 aromatic rings. The molecule has 2 aromatic heterocycles. The molecule has 0 aliphatic rings. The minimum atomic E-state index is -0.499. The van der Waals surface area contributed by atoms with Gasteiger partial charge in [-0.2, -0.15) is 5.10 Å². The Hall–Kier alpha value is -3.79. The Labute approximate surface area is 171 Å². The standard InChI is InChI=1S/C20H20FN7O2/c1-27(2)9-10-30-16-8-4-7-15-17(16)18(24-20(29)19-22-12-23-25-19)26-28(15)14-6-3-5-13(21)11-14/h3-8,11-12H,9-10H2,1-2H3,(H,22,23,25)(H,24,26,29). The van der Waals surface area contributed by atoms with Gasteiger partial charge in [0.15, 0.2) is 5.82 Å². The van der Waals surface area contributed by atoms with E-state index in [0.29, 0.717) is 35.5 Å². The van der Waals surface area contributed by atoms with Crippen molar-refractivity contribution in [1.29, 1.82) is 0 Å². The number of halogens is 1. The lowest BCUT2D eigenvalue weighted by molar-refractivity contribution is 0.101. The largest absolute Gasteiger partial charge is 0.491 e. The number of hydrogen-bond donors (Lipinski definition) is 2. The highest BCUT2D eigenvalue weighted by Gasteiger charge is 2.20. The van der Waals surface area contributed by atoms with Gasteiger partial charge < -0.3 is 15.0 Å². The zero-order valence-electron chi connectivity index (χ0n) is 16.5. The van der Waals surface area contributed by atoms with Crippen LogP contribution in [-0.4, -0.2) is 63.0 Å². The fourth-order valence-electron chi connectivity index (χ4n) is 2.97. The predicted octanol–water partition coefficient (Wildman–Crippen LogP) is 2.48. The lowest BCUT2D eigenvalue weighted by Crippen LogP contribution is -2.19. The molecule has 2 aromatic carbocycles. The number of ether oxygens (including phenoxy) is 1. The smallest absolute Gasteiger partial charge is 0.294 e. The van der Waals surface area contributed by atoms with Gasteiger partial charge in [-0.25, -0.2) is 14.1 Å². The minimum Gasteiger partial charge on any atom is -0.491 e. The predicted molar refractivity (Wildman–Crippen MR) is 109 cm³/mol. The summed E-state index contributed by atoms with van der Waals surface area (Å²) >= 11 is 0. The third-order valence-electron chi connectivity index (χ3n) is 4.38. The number of hydrogen-bond acceptors (Lipinski definition) is 6. The maximum absolute atomic E-state index is 13.8. The quantitative estimate of drug-likeness (QED) is 0.486. The van der Waals surface area contributed by atoms with Crippen molar-refractivity contribution in [2.45, 2.75) is 0 Å². The van der Waals surface area contributed by atoms with Gasteiger partial charge in [0.05, 0.1) is 16.6 Å². The molecule has 0 atom stereocenters. The molecule has 1 amide bonds. The van der Waals surface area contributed by atoms with Crippen LogP contribution in [0.15, 0.2) is 48.8 Å². The average Bonchev–Trinajstić information content (AvgIpc) is 3.37. The molecular weight excluding hydrogens is 389 g/mol. The van der Waals surface area contributed by atoms with Gasteiger partial charge in [-0.05, 0) is 44.4 Å². The average molecular weight is 409 g/mol. The Morgan fingerprint density at radius 3 is 2.83 bits per heavy atom. The summed E-state index contributed by atoms with van der Waals surface area (Å²) in [5.74, 6) is -0.00128. The second kappa shape index (κ2) is 8.29. The molecule has 2 heterocycles. The van der Waals surface area contributed by atoms with Gasteiger partial charge >= 0.3 is 0 Å². The van der Waals surface area contributed by atoms with E-state index in [2.05, 4.69) is 25.6 Å². The van der Waals surface area contributed by atoms with Crippen LogP contribution in [0.2, 0.25) is 0 Å². The van der Waals surface area contributed by atoms with Crippen molar-refractivity contribution >= 4 is 22.6 Å². The Balaban J connectivity index is 1.80. The first-order valence-electron chi connectivity index (χ1n) is 9.25. The number of aromatic nitrogens is 5. The molecule has 0 spiro atoms. The van der Waals surface area contributed by atoms with E-state index in [1.807, 2.05) is 31.1 Å². The van der Waals surface area contributed by atoms with Crippen LogP contribution >= 0.6 is 0 Å². The fraction of sp³-hybridized carbons (Fsp3) is 0.200. The summed E-state index contributed by atoms with van der Waals surface area (Å²) in [4.78, 5) is 18.4. The lowest BCUT2D eigenvalue weighted by atomic mass is 10.2. The second-order valence-electron chi connectivity index (χ2n) is 6.83. The molecule has 0 unspecified atom stereocenters. The van der Waals surface area contributed by atoms with Crippen LogP contribution in [0.3, 0.4) is 0 Å². The number of anilines is 1. The lowest BCUT2D eigenvalue weighted by Gasteiger charge is -2.12. The van der Waals surface area contributed by atoms with Crippen LogP contribution in [0.5, 0.6) is 5.75 Å². The molecule has 0 aliphatic carbocycles. The Morgan fingerprint density at radius 1 is 1.27 bits per heavy atom. The molecule has 0 radical (unpaired) electrons. The van der Waals surface area contributed by atoms with Gasteiger partial charge in [-0.1, -0.05) is 12.1 Å². The van der Waals surface area contributed by atoms with Crippen LogP contribution in [0.25, 0.3) is 16.6 Å². The number of nitrogens with one attached hydrogen (secondary N) is 2. The van der Waals surface area contributed by atoms with E-state index in [4.69, 9.17) is 4.74 Å². The highest BCUT2D eigenvalue weighted by molar-refractivity contribution is 6.07. The van der Waals surface area contributed by atoms with Crippen LogP contribution in [0, 0.1) is 5.82 Å². The highest BCUT2D eigenvalue weighted by Crippen LogP contribution is 2.34. The van der Waals surface area contributed by atoms with Crippen LogP contribution < -0.4 is 10.1 Å². The van der Waals surface area contributed by atoms with Crippen molar-refractivity contribution < 1.29 is 13.9 Å². The normalized spacial score (nSPS) is 11.2. The monoisotopic (exact) mass is 409 g/mol. The van der Waals surface area contributed by atoms with Crippen molar-refractivity contribution in [3.8, 4) is 11.4 Å². The molecular formula is C20H20FN7O2. The molecule has 2 N–H and O–H groups in total. The summed E-state index contributed by atoms with van der Waals surface area (Å²) in [7, 11) is 3.91. The number of nitrogens with zero attached hydrogens (tertiary/aromatic N) is 5. The summed E-state index contributed by atoms with van der Waals surface area (Å²) < 4.78 is 21.3. The summed E-state index contributed by atoms with van der Waals surface area (Å²) in [6, 6.07) is 11.5. The van der Waals surface area contributed by atoms with Crippen molar-refractivity contribution in [2.75, 3.05) is 32.6 Å². The molecule has 9 nitrogen and oxygen atoms in total. The summed E-state index contributed by atoms with van der Waals surface area (Å²) in [6.07, 6.45) is 1.24. The van der Waals surface area contributed by atoms with Gasteiger partial charge in [0.2, 0.25) is 5.82 Å².